The minimum atomic E-state index is -0.486. The second kappa shape index (κ2) is 5.57. The normalized spacial score (nSPS) is 18.6. The molecular formula is C14H20N2O2. The molecule has 1 aliphatic carbocycles. The van der Waals surface area contributed by atoms with Crippen molar-refractivity contribution in [3.05, 3.63) is 23.8 Å². The number of Topliss-reactive ketones (excluding diaryl/α,β-unsaturated/α-hetero) is 1. The summed E-state index contributed by atoms with van der Waals surface area (Å²) in [7, 11) is 0. The maximum atomic E-state index is 11.2. The lowest BCUT2D eigenvalue weighted by molar-refractivity contribution is 0.0903. The summed E-state index contributed by atoms with van der Waals surface area (Å²) < 4.78 is 0. The molecule has 0 atom stereocenters. The van der Waals surface area contributed by atoms with E-state index in [1.165, 1.54) is 44.5 Å². The molecule has 0 aromatic carbocycles. The van der Waals surface area contributed by atoms with E-state index < -0.39 is 6.61 Å². The average Bonchev–Trinajstić information content (AvgIpc) is 2.39. The first-order chi connectivity index (χ1) is 8.63. The van der Waals surface area contributed by atoms with Gasteiger partial charge in [-0.2, -0.15) is 0 Å². The van der Waals surface area contributed by atoms with Crippen LogP contribution >= 0.6 is 0 Å². The molecule has 1 aromatic heterocycles. The van der Waals surface area contributed by atoms with Gasteiger partial charge in [-0.1, -0.05) is 26.2 Å². The van der Waals surface area contributed by atoms with Crippen LogP contribution < -0.4 is 0 Å². The molecule has 0 radical (unpaired) electrons. The Morgan fingerprint density at radius 3 is 2.44 bits per heavy atom. The Morgan fingerprint density at radius 2 is 1.89 bits per heavy atom. The van der Waals surface area contributed by atoms with Gasteiger partial charge in [0.25, 0.3) is 0 Å². The monoisotopic (exact) mass is 248 g/mol. The van der Waals surface area contributed by atoms with Gasteiger partial charge in [-0.05, 0) is 18.3 Å². The molecule has 4 heteroatoms. The van der Waals surface area contributed by atoms with Gasteiger partial charge in [0.15, 0.2) is 5.78 Å². The van der Waals surface area contributed by atoms with Crippen molar-refractivity contribution in [2.24, 2.45) is 5.41 Å². The zero-order valence-corrected chi connectivity index (χ0v) is 10.9. The molecule has 98 valence electrons. The average molecular weight is 248 g/mol. The van der Waals surface area contributed by atoms with E-state index in [1.807, 2.05) is 0 Å². The molecule has 1 heterocycles. The zero-order chi connectivity index (χ0) is 13.0. The lowest BCUT2D eigenvalue weighted by Crippen LogP contribution is -2.24. The second-order valence-corrected chi connectivity index (χ2v) is 5.52. The fourth-order valence-electron chi connectivity index (χ4n) is 2.65. The van der Waals surface area contributed by atoms with Gasteiger partial charge in [0, 0.05) is 18.8 Å². The van der Waals surface area contributed by atoms with E-state index in [0.717, 1.165) is 12.2 Å². The number of nitrogens with zero attached hydrogens (tertiary/aromatic N) is 2. The number of hydrogen-bond acceptors (Lipinski definition) is 4. The predicted molar refractivity (Wildman–Crippen MR) is 68.3 cm³/mol. The van der Waals surface area contributed by atoms with Crippen molar-refractivity contribution in [1.82, 2.24) is 9.97 Å². The summed E-state index contributed by atoms with van der Waals surface area (Å²) in [4.78, 5) is 19.7. The highest BCUT2D eigenvalue weighted by atomic mass is 16.3. The van der Waals surface area contributed by atoms with Gasteiger partial charge >= 0.3 is 0 Å². The third-order valence-electron chi connectivity index (χ3n) is 3.82. The number of carbonyl (C=O) groups is 1. The summed E-state index contributed by atoms with van der Waals surface area (Å²) in [5, 5.41) is 8.75. The molecule has 1 aliphatic rings. The van der Waals surface area contributed by atoms with Gasteiger partial charge in [-0.15, -0.1) is 0 Å². The Bertz CT molecular complexity index is 408. The molecule has 2 rings (SSSR count). The number of hydrogen-bond donors (Lipinski definition) is 1. The minimum Gasteiger partial charge on any atom is -0.388 e. The number of carbonyl (C=O) groups excluding carboxylic acids is 1. The molecule has 18 heavy (non-hydrogen) atoms. The van der Waals surface area contributed by atoms with Crippen molar-refractivity contribution in [1.29, 1.82) is 0 Å². The molecule has 1 N–H and O–H groups in total. The summed E-state index contributed by atoms with van der Waals surface area (Å²) in [6.45, 7) is 1.81. The Labute approximate surface area is 107 Å². The lowest BCUT2D eigenvalue weighted by atomic mass is 9.73. The van der Waals surface area contributed by atoms with Crippen molar-refractivity contribution >= 4 is 5.78 Å². The van der Waals surface area contributed by atoms with Crippen LogP contribution in [0.4, 0.5) is 0 Å². The van der Waals surface area contributed by atoms with Crippen molar-refractivity contribution in [3.8, 4) is 0 Å². The van der Waals surface area contributed by atoms with Crippen LogP contribution in [0, 0.1) is 5.41 Å². The Hall–Kier alpha value is -1.29. The quantitative estimate of drug-likeness (QED) is 0.829. The van der Waals surface area contributed by atoms with Gasteiger partial charge in [0.2, 0.25) is 0 Å². The molecule has 0 spiro atoms. The predicted octanol–water partition coefficient (Wildman–Crippen LogP) is 2.16. The van der Waals surface area contributed by atoms with E-state index in [9.17, 15) is 4.79 Å². The van der Waals surface area contributed by atoms with Gasteiger partial charge in [0.1, 0.15) is 12.4 Å². The topological polar surface area (TPSA) is 63.1 Å². The highest BCUT2D eigenvalue weighted by Gasteiger charge is 2.27. The first-order valence-corrected chi connectivity index (χ1v) is 6.58. The number of aliphatic hydroxyl groups excluding tert-OH is 1. The van der Waals surface area contributed by atoms with E-state index in [0.29, 0.717) is 11.0 Å². The molecule has 0 unspecified atom stereocenters. The van der Waals surface area contributed by atoms with Gasteiger partial charge < -0.3 is 5.11 Å². The Kier molecular flexibility index (Phi) is 4.07. The van der Waals surface area contributed by atoms with Crippen molar-refractivity contribution in [2.45, 2.75) is 45.4 Å². The fourth-order valence-corrected chi connectivity index (χ4v) is 2.65. The summed E-state index contributed by atoms with van der Waals surface area (Å²) >= 11 is 0. The van der Waals surface area contributed by atoms with Crippen LogP contribution in [0.5, 0.6) is 0 Å². The SMILES string of the molecule is CC1(Cc2ncc(C(=O)CO)cn2)CCCCC1. The molecule has 0 amide bonds. The number of ketones is 1. The maximum Gasteiger partial charge on any atom is 0.191 e. The zero-order valence-electron chi connectivity index (χ0n) is 10.9. The van der Waals surface area contributed by atoms with Crippen LogP contribution in [0.1, 0.15) is 55.2 Å². The van der Waals surface area contributed by atoms with E-state index in [2.05, 4.69) is 16.9 Å². The van der Waals surface area contributed by atoms with Crippen molar-refractivity contribution in [3.63, 3.8) is 0 Å². The summed E-state index contributed by atoms with van der Waals surface area (Å²) in [6, 6.07) is 0. The Balaban J connectivity index is 2.03. The molecule has 1 aromatic rings. The highest BCUT2D eigenvalue weighted by molar-refractivity contribution is 5.96. The van der Waals surface area contributed by atoms with Crippen LogP contribution in [-0.4, -0.2) is 27.5 Å². The van der Waals surface area contributed by atoms with Crippen LogP contribution in [-0.2, 0) is 6.42 Å². The minimum absolute atomic E-state index is 0.306. The molecule has 0 aliphatic heterocycles. The standard InChI is InChI=1S/C14H20N2O2/c1-14(5-3-2-4-6-14)7-13-15-8-11(9-16-13)12(18)10-17/h8-9,17H,2-7,10H2,1H3. The highest BCUT2D eigenvalue weighted by Crippen LogP contribution is 2.37. The van der Waals surface area contributed by atoms with Crippen molar-refractivity contribution in [2.75, 3.05) is 6.61 Å². The van der Waals surface area contributed by atoms with Crippen LogP contribution in [0.25, 0.3) is 0 Å². The fraction of sp³-hybridized carbons (Fsp3) is 0.643. The van der Waals surface area contributed by atoms with E-state index in [4.69, 9.17) is 5.11 Å². The number of aromatic nitrogens is 2. The third kappa shape index (κ3) is 3.13. The maximum absolute atomic E-state index is 11.2. The first-order valence-electron chi connectivity index (χ1n) is 6.58. The van der Waals surface area contributed by atoms with E-state index in [1.54, 1.807) is 0 Å². The summed E-state index contributed by atoms with van der Waals surface area (Å²) in [5.74, 6) is 0.472. The first kappa shape index (κ1) is 13.1. The Morgan fingerprint density at radius 1 is 1.28 bits per heavy atom. The molecule has 1 saturated carbocycles. The van der Waals surface area contributed by atoms with E-state index in [-0.39, 0.29) is 5.78 Å². The van der Waals surface area contributed by atoms with Crippen LogP contribution in [0.3, 0.4) is 0 Å². The van der Waals surface area contributed by atoms with Crippen LogP contribution in [0.2, 0.25) is 0 Å². The molecular weight excluding hydrogens is 228 g/mol. The van der Waals surface area contributed by atoms with Gasteiger partial charge in [0.05, 0.1) is 5.56 Å². The van der Waals surface area contributed by atoms with Crippen LogP contribution in [0.15, 0.2) is 12.4 Å². The number of aliphatic hydroxyl groups is 1. The summed E-state index contributed by atoms with van der Waals surface area (Å²) in [5.41, 5.74) is 0.691. The molecule has 0 bridgehead atoms. The second-order valence-electron chi connectivity index (χ2n) is 5.52. The van der Waals surface area contributed by atoms with Gasteiger partial charge in [-0.3, -0.25) is 4.79 Å². The molecule has 4 nitrogen and oxygen atoms in total. The van der Waals surface area contributed by atoms with Gasteiger partial charge in [-0.25, -0.2) is 9.97 Å². The largest absolute Gasteiger partial charge is 0.388 e. The van der Waals surface area contributed by atoms with E-state index >= 15 is 0 Å². The number of rotatable bonds is 4. The molecule has 1 fully saturated rings. The van der Waals surface area contributed by atoms with Crippen molar-refractivity contribution < 1.29 is 9.90 Å². The lowest BCUT2D eigenvalue weighted by Gasteiger charge is -2.32. The summed E-state index contributed by atoms with van der Waals surface area (Å²) in [6.07, 6.45) is 10.3. The molecule has 0 saturated heterocycles. The smallest absolute Gasteiger partial charge is 0.191 e. The third-order valence-corrected chi connectivity index (χ3v) is 3.82.